The molecule has 16 heavy (non-hydrogen) atoms. The van der Waals surface area contributed by atoms with Gasteiger partial charge in [-0.15, -0.1) is 0 Å². The molecule has 0 bridgehead atoms. The van der Waals surface area contributed by atoms with Gasteiger partial charge in [-0.3, -0.25) is 0 Å². The van der Waals surface area contributed by atoms with E-state index in [-0.39, 0.29) is 0 Å². The summed E-state index contributed by atoms with van der Waals surface area (Å²) in [4.78, 5) is 11.1. The minimum atomic E-state index is -1.18. The van der Waals surface area contributed by atoms with E-state index in [2.05, 4.69) is 11.7 Å². The maximum absolute atomic E-state index is 11.1. The molecular weight excluding hydrogens is 204 g/mol. The van der Waals surface area contributed by atoms with Gasteiger partial charge in [-0.05, 0) is 24.0 Å². The molecule has 1 aromatic carbocycles. The number of esters is 1. The van der Waals surface area contributed by atoms with Gasteiger partial charge in [0.1, 0.15) is 0 Å². The number of hydrogen-bond acceptors (Lipinski definition) is 3. The molecule has 1 unspecified atom stereocenters. The molecule has 0 saturated heterocycles. The highest BCUT2D eigenvalue weighted by atomic mass is 16.5. The summed E-state index contributed by atoms with van der Waals surface area (Å²) in [6.07, 6.45) is 2.17. The molecule has 0 radical (unpaired) electrons. The van der Waals surface area contributed by atoms with Crippen molar-refractivity contribution >= 4 is 5.97 Å². The Balaban J connectivity index is 2.67. The molecule has 1 N–H and O–H groups in total. The van der Waals surface area contributed by atoms with Crippen LogP contribution in [0, 0.1) is 0 Å². The highest BCUT2D eigenvalue weighted by Crippen LogP contribution is 2.16. The van der Waals surface area contributed by atoms with E-state index in [4.69, 9.17) is 0 Å². The third-order valence-corrected chi connectivity index (χ3v) is 2.54. The summed E-state index contributed by atoms with van der Waals surface area (Å²) in [5.41, 5.74) is 1.80. The predicted octanol–water partition coefficient (Wildman–Crippen LogP) is 2.24. The molecule has 0 aliphatic carbocycles. The van der Waals surface area contributed by atoms with Gasteiger partial charge in [0.25, 0.3) is 0 Å². The zero-order valence-corrected chi connectivity index (χ0v) is 9.77. The maximum Gasteiger partial charge on any atom is 0.339 e. The molecule has 0 saturated carbocycles. The van der Waals surface area contributed by atoms with Crippen LogP contribution in [0.5, 0.6) is 0 Å². The first-order valence-electron chi connectivity index (χ1n) is 5.53. The Morgan fingerprint density at radius 1 is 1.38 bits per heavy atom. The predicted molar refractivity (Wildman–Crippen MR) is 62.0 cm³/mol. The molecule has 1 atom stereocenters. The number of ether oxygens (including phenoxy) is 1. The van der Waals surface area contributed by atoms with Gasteiger partial charge in [-0.25, -0.2) is 4.79 Å². The van der Waals surface area contributed by atoms with Crippen LogP contribution < -0.4 is 0 Å². The number of unbranched alkanes of at least 4 members (excludes halogenated alkanes) is 1. The smallest absolute Gasteiger partial charge is 0.339 e. The maximum atomic E-state index is 11.1. The molecule has 88 valence electrons. The van der Waals surface area contributed by atoms with E-state index in [0.29, 0.717) is 5.56 Å². The number of carbonyl (C=O) groups is 1. The fourth-order valence-electron chi connectivity index (χ4n) is 1.50. The summed E-state index contributed by atoms with van der Waals surface area (Å²) >= 11 is 0. The average Bonchev–Trinajstić information content (AvgIpc) is 2.35. The van der Waals surface area contributed by atoms with Crippen molar-refractivity contribution in [1.29, 1.82) is 0 Å². The highest BCUT2D eigenvalue weighted by molar-refractivity contribution is 5.76. The summed E-state index contributed by atoms with van der Waals surface area (Å²) in [5, 5.41) is 9.58. The van der Waals surface area contributed by atoms with Gasteiger partial charge in [0.15, 0.2) is 6.10 Å². The Kier molecular flexibility index (Phi) is 4.99. The van der Waals surface area contributed by atoms with Crippen LogP contribution in [0.15, 0.2) is 24.3 Å². The molecule has 0 aliphatic rings. The van der Waals surface area contributed by atoms with Crippen molar-refractivity contribution in [3.8, 4) is 0 Å². The number of aliphatic hydroxyl groups is 1. The van der Waals surface area contributed by atoms with Gasteiger partial charge >= 0.3 is 5.97 Å². The summed E-state index contributed by atoms with van der Waals surface area (Å²) < 4.78 is 4.47. The lowest BCUT2D eigenvalue weighted by molar-refractivity contribution is -0.150. The number of rotatable bonds is 5. The highest BCUT2D eigenvalue weighted by Gasteiger charge is 2.17. The lowest BCUT2D eigenvalue weighted by atomic mass is 10.0. The number of aryl methyl sites for hydroxylation is 1. The topological polar surface area (TPSA) is 46.5 Å². The van der Waals surface area contributed by atoms with Gasteiger partial charge in [-0.2, -0.15) is 0 Å². The molecule has 0 fully saturated rings. The van der Waals surface area contributed by atoms with Gasteiger partial charge in [-0.1, -0.05) is 37.6 Å². The van der Waals surface area contributed by atoms with Gasteiger partial charge in [0.2, 0.25) is 0 Å². The van der Waals surface area contributed by atoms with Crippen LogP contribution in [0.2, 0.25) is 0 Å². The van der Waals surface area contributed by atoms with Crippen LogP contribution in [0.3, 0.4) is 0 Å². The number of carbonyl (C=O) groups excluding carboxylic acids is 1. The SMILES string of the molecule is CCCCc1ccc(C(O)C(=O)OC)cc1. The zero-order chi connectivity index (χ0) is 12.0. The monoisotopic (exact) mass is 222 g/mol. The largest absolute Gasteiger partial charge is 0.467 e. The summed E-state index contributed by atoms with van der Waals surface area (Å²) in [7, 11) is 1.27. The Morgan fingerprint density at radius 2 is 2.00 bits per heavy atom. The van der Waals surface area contributed by atoms with Crippen molar-refractivity contribution in [1.82, 2.24) is 0 Å². The lowest BCUT2D eigenvalue weighted by Gasteiger charge is -2.09. The van der Waals surface area contributed by atoms with Crippen molar-refractivity contribution in [2.45, 2.75) is 32.3 Å². The van der Waals surface area contributed by atoms with Crippen molar-refractivity contribution < 1.29 is 14.6 Å². The minimum absolute atomic E-state index is 0.576. The quantitative estimate of drug-likeness (QED) is 0.777. The normalized spacial score (nSPS) is 12.2. The molecule has 0 amide bonds. The molecule has 1 rings (SSSR count). The van der Waals surface area contributed by atoms with Crippen LogP contribution in [0.25, 0.3) is 0 Å². The Labute approximate surface area is 96.1 Å². The Bertz CT molecular complexity index is 330. The van der Waals surface area contributed by atoms with E-state index < -0.39 is 12.1 Å². The van der Waals surface area contributed by atoms with Crippen molar-refractivity contribution in [3.63, 3.8) is 0 Å². The first-order chi connectivity index (χ1) is 7.69. The number of aliphatic hydroxyl groups excluding tert-OH is 1. The number of benzene rings is 1. The second-order valence-corrected chi connectivity index (χ2v) is 3.77. The van der Waals surface area contributed by atoms with Crippen molar-refractivity contribution in [2.24, 2.45) is 0 Å². The van der Waals surface area contributed by atoms with E-state index in [9.17, 15) is 9.90 Å². The Hall–Kier alpha value is -1.35. The van der Waals surface area contributed by atoms with E-state index in [1.165, 1.54) is 12.7 Å². The first-order valence-corrected chi connectivity index (χ1v) is 5.53. The van der Waals surface area contributed by atoms with E-state index >= 15 is 0 Å². The molecule has 3 nitrogen and oxygen atoms in total. The minimum Gasteiger partial charge on any atom is -0.467 e. The van der Waals surface area contributed by atoms with Gasteiger partial charge in [0.05, 0.1) is 7.11 Å². The van der Waals surface area contributed by atoms with Crippen LogP contribution in [-0.4, -0.2) is 18.2 Å². The molecule has 0 aliphatic heterocycles. The second-order valence-electron chi connectivity index (χ2n) is 3.77. The molecule has 0 heterocycles. The lowest BCUT2D eigenvalue weighted by Crippen LogP contribution is -2.13. The summed E-state index contributed by atoms with van der Waals surface area (Å²) in [5.74, 6) is -0.624. The van der Waals surface area contributed by atoms with Crippen molar-refractivity contribution in [3.05, 3.63) is 35.4 Å². The van der Waals surface area contributed by atoms with Crippen LogP contribution in [0.4, 0.5) is 0 Å². The standard InChI is InChI=1S/C13H18O3/c1-3-4-5-10-6-8-11(9-7-10)12(14)13(15)16-2/h6-9,12,14H,3-5H2,1-2H3. The fourth-order valence-corrected chi connectivity index (χ4v) is 1.50. The first kappa shape index (κ1) is 12.7. The summed E-state index contributed by atoms with van der Waals surface area (Å²) in [6, 6.07) is 7.42. The third-order valence-electron chi connectivity index (χ3n) is 2.54. The molecule has 0 aromatic heterocycles. The summed E-state index contributed by atoms with van der Waals surface area (Å²) in [6.45, 7) is 2.15. The van der Waals surface area contributed by atoms with Crippen molar-refractivity contribution in [2.75, 3.05) is 7.11 Å². The van der Waals surface area contributed by atoms with Gasteiger partial charge in [0, 0.05) is 0 Å². The van der Waals surface area contributed by atoms with E-state index in [1.807, 2.05) is 12.1 Å². The number of methoxy groups -OCH3 is 1. The third kappa shape index (κ3) is 3.35. The van der Waals surface area contributed by atoms with Crippen LogP contribution >= 0.6 is 0 Å². The van der Waals surface area contributed by atoms with E-state index in [1.54, 1.807) is 12.1 Å². The average molecular weight is 222 g/mol. The zero-order valence-electron chi connectivity index (χ0n) is 9.77. The molecule has 0 spiro atoms. The van der Waals surface area contributed by atoms with Crippen LogP contribution in [-0.2, 0) is 16.0 Å². The van der Waals surface area contributed by atoms with Crippen LogP contribution in [0.1, 0.15) is 37.0 Å². The molecule has 3 heteroatoms. The number of hydrogen-bond donors (Lipinski definition) is 1. The molecular formula is C13H18O3. The van der Waals surface area contributed by atoms with E-state index in [0.717, 1.165) is 19.3 Å². The van der Waals surface area contributed by atoms with Gasteiger partial charge < -0.3 is 9.84 Å². The Morgan fingerprint density at radius 3 is 2.50 bits per heavy atom. The molecule has 1 aromatic rings. The second kappa shape index (κ2) is 6.28. The fraction of sp³-hybridized carbons (Fsp3) is 0.462.